The van der Waals surface area contributed by atoms with Crippen molar-refractivity contribution in [1.29, 1.82) is 0 Å². The molecule has 0 aromatic heterocycles. The fourth-order valence-electron chi connectivity index (χ4n) is 4.80. The van der Waals surface area contributed by atoms with Gasteiger partial charge in [-0.1, -0.05) is 32.0 Å². The molecule has 3 atom stereocenters. The van der Waals surface area contributed by atoms with Gasteiger partial charge in [0.2, 0.25) is 17.7 Å². The SMILES string of the molecule is CC(C)C(=O)N1CCN(C(=O)C2CN(C)CC3C(=O)N(c4ccccc4)NC23)CC1. The summed E-state index contributed by atoms with van der Waals surface area (Å²) in [6.45, 7) is 7.30. The molecule has 3 aliphatic rings. The summed E-state index contributed by atoms with van der Waals surface area (Å²) in [4.78, 5) is 44.5. The number of carbonyl (C=O) groups is 3. The third kappa shape index (κ3) is 3.81. The highest BCUT2D eigenvalue weighted by atomic mass is 16.2. The molecule has 4 rings (SSSR count). The van der Waals surface area contributed by atoms with Gasteiger partial charge in [0.05, 0.1) is 23.6 Å². The molecule has 0 radical (unpaired) electrons. The Bertz CT molecular complexity index is 806. The second-order valence-corrected chi connectivity index (χ2v) is 8.90. The summed E-state index contributed by atoms with van der Waals surface area (Å²) >= 11 is 0. The number of carbonyl (C=O) groups excluding carboxylic acids is 3. The van der Waals surface area contributed by atoms with E-state index in [9.17, 15) is 14.4 Å². The summed E-state index contributed by atoms with van der Waals surface area (Å²) in [6, 6.07) is 9.30. The maximum atomic E-state index is 13.4. The Hall–Kier alpha value is -2.45. The molecule has 30 heavy (non-hydrogen) atoms. The van der Waals surface area contributed by atoms with Crippen LogP contribution in [-0.4, -0.2) is 84.8 Å². The number of benzene rings is 1. The van der Waals surface area contributed by atoms with Gasteiger partial charge in [0.1, 0.15) is 0 Å². The lowest BCUT2D eigenvalue weighted by Crippen LogP contribution is -2.59. The molecule has 3 aliphatic heterocycles. The molecule has 1 aromatic carbocycles. The summed E-state index contributed by atoms with van der Waals surface area (Å²) < 4.78 is 0. The van der Waals surface area contributed by atoms with Crippen LogP contribution in [0.1, 0.15) is 13.8 Å². The van der Waals surface area contributed by atoms with Crippen LogP contribution in [0.25, 0.3) is 0 Å². The Balaban J connectivity index is 1.47. The largest absolute Gasteiger partial charge is 0.339 e. The molecule has 8 nitrogen and oxygen atoms in total. The third-order valence-corrected chi connectivity index (χ3v) is 6.43. The molecule has 0 bridgehead atoms. The van der Waals surface area contributed by atoms with Gasteiger partial charge in [0.15, 0.2) is 0 Å². The first-order chi connectivity index (χ1) is 14.4. The standard InChI is InChI=1S/C22H31N5O3/c1-15(2)20(28)25-9-11-26(12-10-25)21(29)17-13-24(3)14-18-19(17)23-27(22(18)30)16-7-5-4-6-8-16/h4-8,15,17-19,23H,9-14H2,1-3H3. The first-order valence-corrected chi connectivity index (χ1v) is 10.8. The quantitative estimate of drug-likeness (QED) is 0.777. The summed E-state index contributed by atoms with van der Waals surface area (Å²) in [5, 5.41) is 1.61. The zero-order valence-electron chi connectivity index (χ0n) is 18.0. The number of nitrogens with zero attached hydrogens (tertiary/aromatic N) is 4. The maximum Gasteiger partial charge on any atom is 0.247 e. The summed E-state index contributed by atoms with van der Waals surface area (Å²) in [6.07, 6.45) is 0. The number of anilines is 1. The fraction of sp³-hybridized carbons (Fsp3) is 0.591. The molecule has 1 aromatic rings. The summed E-state index contributed by atoms with van der Waals surface area (Å²) in [5.41, 5.74) is 4.13. The molecule has 0 spiro atoms. The maximum absolute atomic E-state index is 13.4. The number of rotatable bonds is 3. The molecule has 8 heteroatoms. The fourth-order valence-corrected chi connectivity index (χ4v) is 4.80. The summed E-state index contributed by atoms with van der Waals surface area (Å²) in [7, 11) is 1.97. The topological polar surface area (TPSA) is 76.2 Å². The number of hydrogen-bond donors (Lipinski definition) is 1. The number of fused-ring (bicyclic) bond motifs is 1. The molecule has 3 unspecified atom stereocenters. The molecule has 3 heterocycles. The first-order valence-electron chi connectivity index (χ1n) is 10.8. The van der Waals surface area contributed by atoms with E-state index in [0.717, 1.165) is 5.69 Å². The van der Waals surface area contributed by atoms with Crippen LogP contribution in [0.15, 0.2) is 30.3 Å². The molecular formula is C22H31N5O3. The molecule has 3 amide bonds. The van der Waals surface area contributed by atoms with Crippen molar-refractivity contribution in [3.63, 3.8) is 0 Å². The number of piperazine rings is 1. The second kappa shape index (κ2) is 8.35. The van der Waals surface area contributed by atoms with E-state index in [0.29, 0.717) is 39.3 Å². The molecule has 162 valence electrons. The Morgan fingerprint density at radius 1 is 1.00 bits per heavy atom. The van der Waals surface area contributed by atoms with E-state index in [1.54, 1.807) is 5.01 Å². The highest BCUT2D eigenvalue weighted by Crippen LogP contribution is 2.32. The smallest absolute Gasteiger partial charge is 0.247 e. The lowest BCUT2D eigenvalue weighted by Gasteiger charge is -2.41. The third-order valence-electron chi connectivity index (χ3n) is 6.43. The minimum Gasteiger partial charge on any atom is -0.339 e. The highest BCUT2D eigenvalue weighted by molar-refractivity contribution is 5.98. The van der Waals surface area contributed by atoms with Crippen LogP contribution in [0.5, 0.6) is 0 Å². The predicted molar refractivity (Wildman–Crippen MR) is 113 cm³/mol. The van der Waals surface area contributed by atoms with E-state index < -0.39 is 0 Å². The van der Waals surface area contributed by atoms with Crippen LogP contribution >= 0.6 is 0 Å². The molecule has 3 saturated heterocycles. The number of likely N-dealkylation sites (tertiary alicyclic amines) is 1. The van der Waals surface area contributed by atoms with Crippen LogP contribution in [0.3, 0.4) is 0 Å². The zero-order chi connectivity index (χ0) is 21.4. The van der Waals surface area contributed by atoms with Gasteiger partial charge >= 0.3 is 0 Å². The molecule has 1 N–H and O–H groups in total. The second-order valence-electron chi connectivity index (χ2n) is 8.90. The van der Waals surface area contributed by atoms with Crippen molar-refractivity contribution >= 4 is 23.4 Å². The Labute approximate surface area is 177 Å². The van der Waals surface area contributed by atoms with Crippen LogP contribution in [0.2, 0.25) is 0 Å². The molecule has 3 fully saturated rings. The van der Waals surface area contributed by atoms with E-state index in [4.69, 9.17) is 0 Å². The zero-order valence-corrected chi connectivity index (χ0v) is 18.0. The van der Waals surface area contributed by atoms with Crippen LogP contribution in [0, 0.1) is 17.8 Å². The van der Waals surface area contributed by atoms with Crippen LogP contribution < -0.4 is 10.4 Å². The van der Waals surface area contributed by atoms with Gasteiger partial charge in [-0.05, 0) is 19.2 Å². The van der Waals surface area contributed by atoms with Crippen LogP contribution in [0.4, 0.5) is 5.69 Å². The van der Waals surface area contributed by atoms with Crippen LogP contribution in [-0.2, 0) is 14.4 Å². The number of piperidine rings is 1. The van der Waals surface area contributed by atoms with Gasteiger partial charge in [0, 0.05) is 45.2 Å². The van der Waals surface area contributed by atoms with Gasteiger partial charge in [-0.3, -0.25) is 14.4 Å². The molecule has 0 aliphatic carbocycles. The number of para-hydroxylation sites is 1. The van der Waals surface area contributed by atoms with Gasteiger partial charge in [-0.2, -0.15) is 0 Å². The van der Waals surface area contributed by atoms with E-state index in [-0.39, 0.29) is 41.5 Å². The normalized spacial score (nSPS) is 27.5. The van der Waals surface area contributed by atoms with Gasteiger partial charge < -0.3 is 14.7 Å². The lowest BCUT2D eigenvalue weighted by atomic mass is 9.84. The van der Waals surface area contributed by atoms with E-state index in [1.807, 2.05) is 61.0 Å². The first kappa shape index (κ1) is 20.8. The van der Waals surface area contributed by atoms with Crippen molar-refractivity contribution in [1.82, 2.24) is 20.1 Å². The van der Waals surface area contributed by atoms with E-state index in [1.165, 1.54) is 0 Å². The molecule has 0 saturated carbocycles. The number of amides is 3. The lowest BCUT2D eigenvalue weighted by molar-refractivity contribution is -0.145. The Kier molecular flexibility index (Phi) is 5.79. The average molecular weight is 414 g/mol. The van der Waals surface area contributed by atoms with Gasteiger partial charge in [0.25, 0.3) is 0 Å². The van der Waals surface area contributed by atoms with E-state index >= 15 is 0 Å². The van der Waals surface area contributed by atoms with Crippen molar-refractivity contribution < 1.29 is 14.4 Å². The summed E-state index contributed by atoms with van der Waals surface area (Å²) in [5.74, 6) is -0.342. The Morgan fingerprint density at radius 3 is 2.27 bits per heavy atom. The van der Waals surface area contributed by atoms with Crippen molar-refractivity contribution in [3.05, 3.63) is 30.3 Å². The van der Waals surface area contributed by atoms with Gasteiger partial charge in [-0.25, -0.2) is 10.4 Å². The average Bonchev–Trinajstić information content (AvgIpc) is 3.09. The molecular weight excluding hydrogens is 382 g/mol. The van der Waals surface area contributed by atoms with Crippen molar-refractivity contribution in [3.8, 4) is 0 Å². The van der Waals surface area contributed by atoms with Gasteiger partial charge in [-0.15, -0.1) is 0 Å². The number of nitrogens with one attached hydrogen (secondary N) is 1. The minimum absolute atomic E-state index is 0.0166. The number of hydrogen-bond acceptors (Lipinski definition) is 5. The predicted octanol–water partition coefficient (Wildman–Crippen LogP) is 0.411. The van der Waals surface area contributed by atoms with Crippen molar-refractivity contribution in [2.75, 3.05) is 51.3 Å². The van der Waals surface area contributed by atoms with Crippen molar-refractivity contribution in [2.24, 2.45) is 17.8 Å². The van der Waals surface area contributed by atoms with E-state index in [2.05, 4.69) is 10.3 Å². The monoisotopic (exact) mass is 413 g/mol. The number of hydrazine groups is 1. The van der Waals surface area contributed by atoms with Crippen molar-refractivity contribution in [2.45, 2.75) is 19.9 Å². The Morgan fingerprint density at radius 2 is 1.63 bits per heavy atom. The minimum atomic E-state index is -0.293. The highest BCUT2D eigenvalue weighted by Gasteiger charge is 2.51.